The summed E-state index contributed by atoms with van der Waals surface area (Å²) in [6.45, 7) is 3.95. The highest BCUT2D eigenvalue weighted by Gasteiger charge is 2.22. The molecule has 0 unspecified atom stereocenters. The summed E-state index contributed by atoms with van der Waals surface area (Å²) >= 11 is 6.15. The molecule has 0 bridgehead atoms. The highest BCUT2D eigenvalue weighted by Crippen LogP contribution is 2.28. The maximum Gasteiger partial charge on any atom is 0.258 e. The molecule has 2 aromatic rings. The van der Waals surface area contributed by atoms with Gasteiger partial charge in [0.1, 0.15) is 5.82 Å². The molecule has 1 amide bonds. The standard InChI is InChI=1S/C19H23ClN4O/c1-13-3-6-18(22-12-13)23-19(25)16-11-14(20)4-5-17(16)24(2)15-7-9-21-10-8-15/h3-6,11-12,15,21H,7-10H2,1-2H3,(H,22,23,25). The van der Waals surface area contributed by atoms with Crippen molar-refractivity contribution in [2.24, 2.45) is 0 Å². The van der Waals surface area contributed by atoms with Crippen molar-refractivity contribution in [3.63, 3.8) is 0 Å². The molecule has 1 aliphatic rings. The number of piperidine rings is 1. The molecule has 5 nitrogen and oxygen atoms in total. The minimum absolute atomic E-state index is 0.199. The van der Waals surface area contributed by atoms with Crippen LogP contribution in [0.2, 0.25) is 5.02 Å². The van der Waals surface area contributed by atoms with Crippen molar-refractivity contribution in [3.8, 4) is 0 Å². The first-order valence-corrected chi connectivity index (χ1v) is 8.89. The number of nitrogens with one attached hydrogen (secondary N) is 2. The van der Waals surface area contributed by atoms with Crippen LogP contribution in [0.25, 0.3) is 0 Å². The summed E-state index contributed by atoms with van der Waals surface area (Å²) in [5, 5.41) is 6.78. The highest BCUT2D eigenvalue weighted by molar-refractivity contribution is 6.31. The summed E-state index contributed by atoms with van der Waals surface area (Å²) < 4.78 is 0. The molecule has 0 atom stereocenters. The van der Waals surface area contributed by atoms with Crippen LogP contribution in [-0.2, 0) is 0 Å². The Morgan fingerprint density at radius 3 is 2.72 bits per heavy atom. The van der Waals surface area contributed by atoms with Crippen molar-refractivity contribution in [2.75, 3.05) is 30.4 Å². The van der Waals surface area contributed by atoms with E-state index in [4.69, 9.17) is 11.6 Å². The number of aromatic nitrogens is 1. The summed E-state index contributed by atoms with van der Waals surface area (Å²) in [4.78, 5) is 19.2. The number of halogens is 1. The third-order valence-electron chi connectivity index (χ3n) is 4.59. The lowest BCUT2D eigenvalue weighted by atomic mass is 10.0. The Balaban J connectivity index is 1.85. The van der Waals surface area contributed by atoms with E-state index in [9.17, 15) is 4.79 Å². The van der Waals surface area contributed by atoms with Crippen LogP contribution in [0, 0.1) is 6.92 Å². The zero-order valence-electron chi connectivity index (χ0n) is 14.6. The first-order valence-electron chi connectivity index (χ1n) is 8.51. The lowest BCUT2D eigenvalue weighted by molar-refractivity contribution is 0.102. The van der Waals surface area contributed by atoms with Crippen LogP contribution in [0.15, 0.2) is 36.5 Å². The van der Waals surface area contributed by atoms with Crippen LogP contribution in [0.3, 0.4) is 0 Å². The number of carbonyl (C=O) groups excluding carboxylic acids is 1. The summed E-state index contributed by atoms with van der Waals surface area (Å²) in [5.41, 5.74) is 2.50. The van der Waals surface area contributed by atoms with E-state index < -0.39 is 0 Å². The molecule has 1 fully saturated rings. The van der Waals surface area contributed by atoms with Gasteiger partial charge in [-0.15, -0.1) is 0 Å². The summed E-state index contributed by atoms with van der Waals surface area (Å²) in [5.74, 6) is 0.334. The Morgan fingerprint density at radius 1 is 1.28 bits per heavy atom. The van der Waals surface area contributed by atoms with Gasteiger partial charge in [0.05, 0.1) is 5.56 Å². The van der Waals surface area contributed by atoms with Gasteiger partial charge in [-0.05, 0) is 62.7 Å². The Labute approximate surface area is 153 Å². The Bertz CT molecular complexity index is 742. The van der Waals surface area contributed by atoms with Crippen LogP contribution in [0.5, 0.6) is 0 Å². The number of rotatable bonds is 4. The van der Waals surface area contributed by atoms with Gasteiger partial charge in [0, 0.05) is 30.0 Å². The second-order valence-corrected chi connectivity index (χ2v) is 6.86. The molecule has 2 N–H and O–H groups in total. The van der Waals surface area contributed by atoms with Crippen LogP contribution >= 0.6 is 11.6 Å². The molecular formula is C19H23ClN4O. The molecule has 3 rings (SSSR count). The predicted molar refractivity (Wildman–Crippen MR) is 103 cm³/mol. The number of amides is 1. The molecule has 1 saturated heterocycles. The number of hydrogen-bond donors (Lipinski definition) is 2. The van der Waals surface area contributed by atoms with Gasteiger partial charge in [-0.1, -0.05) is 17.7 Å². The molecule has 6 heteroatoms. The molecule has 2 heterocycles. The van der Waals surface area contributed by atoms with Gasteiger partial charge < -0.3 is 15.5 Å². The first-order chi connectivity index (χ1) is 12.0. The normalized spacial score (nSPS) is 15.0. The van der Waals surface area contributed by atoms with Crippen molar-refractivity contribution in [2.45, 2.75) is 25.8 Å². The minimum atomic E-state index is -0.199. The topological polar surface area (TPSA) is 57.3 Å². The molecule has 0 aliphatic carbocycles. The van der Waals surface area contributed by atoms with Gasteiger partial charge in [-0.3, -0.25) is 4.79 Å². The fourth-order valence-corrected chi connectivity index (χ4v) is 3.29. The van der Waals surface area contributed by atoms with Gasteiger partial charge in [-0.2, -0.15) is 0 Å². The first kappa shape index (κ1) is 17.7. The smallest absolute Gasteiger partial charge is 0.258 e. The number of aryl methyl sites for hydroxylation is 1. The van der Waals surface area contributed by atoms with E-state index in [-0.39, 0.29) is 5.91 Å². The number of hydrogen-bond acceptors (Lipinski definition) is 4. The monoisotopic (exact) mass is 358 g/mol. The molecule has 0 radical (unpaired) electrons. The average molecular weight is 359 g/mol. The van der Waals surface area contributed by atoms with Gasteiger partial charge in [0.2, 0.25) is 0 Å². The molecule has 1 aliphatic heterocycles. The fourth-order valence-electron chi connectivity index (χ4n) is 3.11. The number of anilines is 2. The zero-order chi connectivity index (χ0) is 17.8. The van der Waals surface area contributed by atoms with Gasteiger partial charge in [0.25, 0.3) is 5.91 Å². The largest absolute Gasteiger partial charge is 0.371 e. The van der Waals surface area contributed by atoms with Gasteiger partial charge >= 0.3 is 0 Å². The van der Waals surface area contributed by atoms with E-state index >= 15 is 0 Å². The summed E-state index contributed by atoms with van der Waals surface area (Å²) in [6, 6.07) is 9.60. The highest BCUT2D eigenvalue weighted by atomic mass is 35.5. The van der Waals surface area contributed by atoms with Crippen molar-refractivity contribution in [3.05, 3.63) is 52.7 Å². The van der Waals surface area contributed by atoms with E-state index in [1.54, 1.807) is 18.3 Å². The molecule has 132 valence electrons. The second kappa shape index (κ2) is 7.85. The van der Waals surface area contributed by atoms with E-state index in [1.165, 1.54) is 0 Å². The minimum Gasteiger partial charge on any atom is -0.371 e. The van der Waals surface area contributed by atoms with Gasteiger partial charge in [-0.25, -0.2) is 4.98 Å². The van der Waals surface area contributed by atoms with Crippen LogP contribution in [-0.4, -0.2) is 37.1 Å². The molecule has 1 aromatic heterocycles. The van der Waals surface area contributed by atoms with Crippen molar-refractivity contribution < 1.29 is 4.79 Å². The third kappa shape index (κ3) is 4.30. The number of nitrogens with zero attached hydrogens (tertiary/aromatic N) is 2. The number of benzene rings is 1. The number of pyridine rings is 1. The van der Waals surface area contributed by atoms with E-state index in [2.05, 4.69) is 20.5 Å². The zero-order valence-corrected chi connectivity index (χ0v) is 15.3. The summed E-state index contributed by atoms with van der Waals surface area (Å²) in [7, 11) is 2.04. The maximum absolute atomic E-state index is 12.8. The van der Waals surface area contributed by atoms with E-state index in [0.29, 0.717) is 22.4 Å². The molecule has 1 aromatic carbocycles. The van der Waals surface area contributed by atoms with Crippen LogP contribution in [0.1, 0.15) is 28.8 Å². The Morgan fingerprint density at radius 2 is 2.04 bits per heavy atom. The molecular weight excluding hydrogens is 336 g/mol. The fraction of sp³-hybridized carbons (Fsp3) is 0.368. The van der Waals surface area contributed by atoms with Crippen LogP contribution in [0.4, 0.5) is 11.5 Å². The Hall–Kier alpha value is -2.11. The molecule has 0 spiro atoms. The Kier molecular flexibility index (Phi) is 5.56. The lowest BCUT2D eigenvalue weighted by Crippen LogP contribution is -2.41. The lowest BCUT2D eigenvalue weighted by Gasteiger charge is -2.34. The summed E-state index contributed by atoms with van der Waals surface area (Å²) in [6.07, 6.45) is 3.84. The van der Waals surface area contributed by atoms with Crippen molar-refractivity contribution in [1.82, 2.24) is 10.3 Å². The quantitative estimate of drug-likeness (QED) is 0.878. The van der Waals surface area contributed by atoms with Crippen molar-refractivity contribution in [1.29, 1.82) is 0 Å². The SMILES string of the molecule is Cc1ccc(NC(=O)c2cc(Cl)ccc2N(C)C2CCNCC2)nc1. The van der Waals surface area contributed by atoms with Crippen LogP contribution < -0.4 is 15.5 Å². The van der Waals surface area contributed by atoms with Crippen molar-refractivity contribution >= 4 is 29.0 Å². The van der Waals surface area contributed by atoms with E-state index in [0.717, 1.165) is 37.2 Å². The molecule has 0 saturated carbocycles. The third-order valence-corrected chi connectivity index (χ3v) is 4.83. The van der Waals surface area contributed by atoms with E-state index in [1.807, 2.05) is 32.2 Å². The second-order valence-electron chi connectivity index (χ2n) is 6.43. The number of carbonyl (C=O) groups is 1. The maximum atomic E-state index is 12.8. The average Bonchev–Trinajstić information content (AvgIpc) is 2.63. The predicted octanol–water partition coefficient (Wildman–Crippen LogP) is 3.48. The molecule has 25 heavy (non-hydrogen) atoms. The van der Waals surface area contributed by atoms with Gasteiger partial charge in [0.15, 0.2) is 0 Å².